The fraction of sp³-hybridized carbons (Fsp3) is 0.625. The second-order valence-electron chi connectivity index (χ2n) is 6.70. The Labute approximate surface area is 148 Å². The molecule has 2 N–H and O–H groups in total. The maximum absolute atomic E-state index is 12.7. The van der Waals surface area contributed by atoms with Gasteiger partial charge in [0.25, 0.3) is 5.91 Å². The zero-order valence-corrected chi connectivity index (χ0v) is 15.6. The molecule has 0 aliphatic carbocycles. The summed E-state index contributed by atoms with van der Waals surface area (Å²) in [5.74, 6) is -0.0127. The molecule has 0 radical (unpaired) electrons. The molecule has 23 heavy (non-hydrogen) atoms. The molecule has 0 spiro atoms. The Bertz CT molecular complexity index is 533. The molecule has 130 valence electrons. The minimum absolute atomic E-state index is 0. The summed E-state index contributed by atoms with van der Waals surface area (Å²) >= 11 is 1.42. The van der Waals surface area contributed by atoms with Crippen molar-refractivity contribution in [2.75, 3.05) is 26.7 Å². The van der Waals surface area contributed by atoms with Gasteiger partial charge < -0.3 is 15.5 Å². The minimum atomic E-state index is -0.340. The van der Waals surface area contributed by atoms with Crippen LogP contribution in [0.2, 0.25) is 0 Å². The van der Waals surface area contributed by atoms with E-state index in [1.54, 1.807) is 16.8 Å². The van der Waals surface area contributed by atoms with Crippen LogP contribution in [-0.4, -0.2) is 54.3 Å². The van der Waals surface area contributed by atoms with Gasteiger partial charge in [0.15, 0.2) is 0 Å². The normalized spacial score (nSPS) is 17.7. The number of rotatable bonds is 5. The van der Waals surface area contributed by atoms with Crippen molar-refractivity contribution < 1.29 is 9.59 Å². The predicted octanol–water partition coefficient (Wildman–Crippen LogP) is 2.22. The first-order chi connectivity index (χ1) is 10.4. The number of nitrogens with two attached hydrogens (primary N) is 1. The van der Waals surface area contributed by atoms with Gasteiger partial charge in [0.1, 0.15) is 6.04 Å². The zero-order chi connectivity index (χ0) is 16.3. The highest BCUT2D eigenvalue weighted by Crippen LogP contribution is 2.24. The van der Waals surface area contributed by atoms with Crippen LogP contribution >= 0.6 is 23.7 Å². The van der Waals surface area contributed by atoms with Crippen molar-refractivity contribution in [1.29, 1.82) is 0 Å². The average molecular weight is 360 g/mol. The number of hydrogen-bond acceptors (Lipinski definition) is 4. The molecule has 1 atom stereocenters. The largest absolute Gasteiger partial charge is 0.343 e. The Balaban J connectivity index is 0.00000264. The molecule has 0 bridgehead atoms. The van der Waals surface area contributed by atoms with E-state index in [4.69, 9.17) is 5.73 Å². The summed E-state index contributed by atoms with van der Waals surface area (Å²) in [5.41, 5.74) is 5.63. The summed E-state index contributed by atoms with van der Waals surface area (Å²) in [4.78, 5) is 29.4. The lowest BCUT2D eigenvalue weighted by Gasteiger charge is -2.33. The van der Waals surface area contributed by atoms with E-state index in [0.29, 0.717) is 24.5 Å². The lowest BCUT2D eigenvalue weighted by atomic mass is 9.93. The maximum Gasteiger partial charge on any atom is 0.264 e. The number of carbonyl (C=O) groups excluding carboxylic acids is 2. The summed E-state index contributed by atoms with van der Waals surface area (Å²) < 4.78 is 0. The molecule has 1 unspecified atom stereocenters. The van der Waals surface area contributed by atoms with Crippen LogP contribution in [0.3, 0.4) is 0 Å². The van der Waals surface area contributed by atoms with E-state index < -0.39 is 0 Å². The Morgan fingerprint density at radius 3 is 2.74 bits per heavy atom. The Morgan fingerprint density at radius 2 is 2.17 bits per heavy atom. The molecular formula is C16H26ClN3O2S. The third kappa shape index (κ3) is 4.68. The third-order valence-corrected chi connectivity index (χ3v) is 4.98. The highest BCUT2D eigenvalue weighted by atomic mass is 35.5. The number of likely N-dealkylation sites (tertiary alicyclic amines) is 1. The van der Waals surface area contributed by atoms with Crippen molar-refractivity contribution in [3.63, 3.8) is 0 Å². The Kier molecular flexibility index (Phi) is 7.04. The van der Waals surface area contributed by atoms with Crippen molar-refractivity contribution in [3.8, 4) is 0 Å². The summed E-state index contributed by atoms with van der Waals surface area (Å²) in [7, 11) is 1.80. The average Bonchev–Trinajstić information content (AvgIpc) is 3.16. The van der Waals surface area contributed by atoms with Gasteiger partial charge in [-0.05, 0) is 36.2 Å². The van der Waals surface area contributed by atoms with Crippen LogP contribution in [-0.2, 0) is 4.79 Å². The summed E-state index contributed by atoms with van der Waals surface area (Å²) in [6.45, 7) is 5.86. The molecule has 1 aliphatic heterocycles. The van der Waals surface area contributed by atoms with Crippen molar-refractivity contribution in [2.24, 2.45) is 11.1 Å². The van der Waals surface area contributed by atoms with Gasteiger partial charge >= 0.3 is 0 Å². The number of thiophene rings is 1. The van der Waals surface area contributed by atoms with Gasteiger partial charge in [-0.1, -0.05) is 19.9 Å². The van der Waals surface area contributed by atoms with Crippen LogP contribution in [0.1, 0.15) is 36.4 Å². The van der Waals surface area contributed by atoms with Gasteiger partial charge in [-0.25, -0.2) is 0 Å². The molecule has 1 aromatic heterocycles. The molecule has 5 nitrogen and oxygen atoms in total. The SMILES string of the molecule is CN(CC(C)(C)CN)C(=O)C1CCCN1C(=O)c1cccs1.Cl. The monoisotopic (exact) mass is 359 g/mol. The number of hydrogen-bond donors (Lipinski definition) is 1. The molecule has 2 heterocycles. The highest BCUT2D eigenvalue weighted by molar-refractivity contribution is 7.12. The molecule has 7 heteroatoms. The molecule has 1 aliphatic rings. The molecule has 0 aromatic carbocycles. The topological polar surface area (TPSA) is 66.6 Å². The van der Waals surface area contributed by atoms with Gasteiger partial charge in [-0.15, -0.1) is 23.7 Å². The number of nitrogens with zero attached hydrogens (tertiary/aromatic N) is 2. The second-order valence-corrected chi connectivity index (χ2v) is 7.64. The van der Waals surface area contributed by atoms with Gasteiger partial charge in [-0.2, -0.15) is 0 Å². The quantitative estimate of drug-likeness (QED) is 0.876. The van der Waals surface area contributed by atoms with Crippen LogP contribution in [0, 0.1) is 5.41 Å². The zero-order valence-electron chi connectivity index (χ0n) is 13.9. The van der Waals surface area contributed by atoms with Crippen molar-refractivity contribution in [3.05, 3.63) is 22.4 Å². The lowest BCUT2D eigenvalue weighted by molar-refractivity contribution is -0.135. The standard InChI is InChI=1S/C16H25N3O2S.ClH/c1-16(2,10-17)11-18(3)14(20)12-6-4-8-19(12)15(21)13-7-5-9-22-13;/h5,7,9,12H,4,6,8,10-11,17H2,1-3H3;1H. The first-order valence-electron chi connectivity index (χ1n) is 7.65. The van der Waals surface area contributed by atoms with Crippen LogP contribution in [0.5, 0.6) is 0 Å². The van der Waals surface area contributed by atoms with E-state index in [2.05, 4.69) is 0 Å². The first-order valence-corrected chi connectivity index (χ1v) is 8.53. The number of amides is 2. The fourth-order valence-electron chi connectivity index (χ4n) is 2.85. The van der Waals surface area contributed by atoms with Crippen molar-refractivity contribution in [2.45, 2.75) is 32.7 Å². The second kappa shape index (κ2) is 8.13. The minimum Gasteiger partial charge on any atom is -0.343 e. The molecule has 2 rings (SSSR count). The van der Waals surface area contributed by atoms with E-state index in [1.807, 2.05) is 31.4 Å². The molecule has 1 aromatic rings. The number of carbonyl (C=O) groups is 2. The van der Waals surface area contributed by atoms with Crippen LogP contribution in [0.4, 0.5) is 0 Å². The summed E-state index contributed by atoms with van der Waals surface area (Å²) in [6, 6.07) is 3.34. The molecule has 0 saturated carbocycles. The lowest BCUT2D eigenvalue weighted by Crippen LogP contribution is -2.49. The molecule has 1 fully saturated rings. The smallest absolute Gasteiger partial charge is 0.264 e. The molecule has 2 amide bonds. The van der Waals surface area contributed by atoms with E-state index in [-0.39, 0.29) is 35.7 Å². The maximum atomic E-state index is 12.7. The fourth-order valence-corrected chi connectivity index (χ4v) is 3.53. The summed E-state index contributed by atoms with van der Waals surface area (Å²) in [5, 5.41) is 1.88. The highest BCUT2D eigenvalue weighted by Gasteiger charge is 2.37. The molecular weight excluding hydrogens is 334 g/mol. The van der Waals surface area contributed by atoms with E-state index in [0.717, 1.165) is 12.8 Å². The van der Waals surface area contributed by atoms with Gasteiger partial charge in [0, 0.05) is 20.1 Å². The van der Waals surface area contributed by atoms with Crippen molar-refractivity contribution in [1.82, 2.24) is 9.80 Å². The Morgan fingerprint density at radius 1 is 1.48 bits per heavy atom. The molecule has 1 saturated heterocycles. The van der Waals surface area contributed by atoms with Crippen LogP contribution in [0.15, 0.2) is 17.5 Å². The third-order valence-electron chi connectivity index (χ3n) is 4.12. The number of halogens is 1. The summed E-state index contributed by atoms with van der Waals surface area (Å²) in [6.07, 6.45) is 1.62. The number of likely N-dealkylation sites (N-methyl/N-ethyl adjacent to an activating group) is 1. The van der Waals surface area contributed by atoms with Crippen LogP contribution in [0.25, 0.3) is 0 Å². The van der Waals surface area contributed by atoms with Crippen LogP contribution < -0.4 is 5.73 Å². The Hall–Kier alpha value is -1.11. The van der Waals surface area contributed by atoms with E-state index in [9.17, 15) is 9.59 Å². The van der Waals surface area contributed by atoms with Gasteiger partial charge in [0.2, 0.25) is 5.91 Å². The van der Waals surface area contributed by atoms with E-state index >= 15 is 0 Å². The van der Waals surface area contributed by atoms with E-state index in [1.165, 1.54) is 11.3 Å². The first kappa shape index (κ1) is 19.9. The van der Waals surface area contributed by atoms with Gasteiger partial charge in [0.05, 0.1) is 4.88 Å². The van der Waals surface area contributed by atoms with Crippen molar-refractivity contribution >= 4 is 35.6 Å². The van der Waals surface area contributed by atoms with Gasteiger partial charge in [-0.3, -0.25) is 9.59 Å². The predicted molar refractivity (Wildman–Crippen MR) is 96.1 cm³/mol.